The SMILES string of the molecule is CCN(C(=O)C1CCN(C(=O)C2CC(=O)N(C(C)(C)C)C2)CC1)c1cccc(C)c1. The van der Waals surface area contributed by atoms with Crippen LogP contribution in [0.3, 0.4) is 0 Å². The lowest BCUT2D eigenvalue weighted by Crippen LogP contribution is -2.47. The Bertz CT molecular complexity index is 806. The Kier molecular flexibility index (Phi) is 6.53. The highest BCUT2D eigenvalue weighted by molar-refractivity contribution is 5.95. The topological polar surface area (TPSA) is 60.9 Å². The van der Waals surface area contributed by atoms with Gasteiger partial charge in [0.05, 0.1) is 5.92 Å². The number of carbonyl (C=O) groups is 3. The second-order valence-electron chi connectivity index (χ2n) is 9.60. The molecule has 2 saturated heterocycles. The molecule has 3 amide bonds. The zero-order valence-corrected chi connectivity index (χ0v) is 19.0. The minimum Gasteiger partial charge on any atom is -0.342 e. The van der Waals surface area contributed by atoms with Crippen LogP contribution in [-0.2, 0) is 14.4 Å². The Hall–Kier alpha value is -2.37. The summed E-state index contributed by atoms with van der Waals surface area (Å²) in [6.07, 6.45) is 1.65. The van der Waals surface area contributed by atoms with Gasteiger partial charge in [-0.15, -0.1) is 0 Å². The normalized spacial score (nSPS) is 20.6. The maximum Gasteiger partial charge on any atom is 0.230 e. The average Bonchev–Trinajstić information content (AvgIpc) is 3.10. The molecule has 3 rings (SSSR count). The first-order valence-electron chi connectivity index (χ1n) is 11.1. The number of hydrogen-bond donors (Lipinski definition) is 0. The van der Waals surface area contributed by atoms with Crippen molar-refractivity contribution in [1.29, 1.82) is 0 Å². The Morgan fingerprint density at radius 2 is 1.80 bits per heavy atom. The lowest BCUT2D eigenvalue weighted by molar-refractivity contribution is -0.138. The monoisotopic (exact) mass is 413 g/mol. The van der Waals surface area contributed by atoms with E-state index in [0.29, 0.717) is 45.4 Å². The third kappa shape index (κ3) is 4.68. The maximum atomic E-state index is 13.1. The molecule has 0 aliphatic carbocycles. The molecule has 6 nitrogen and oxygen atoms in total. The molecular weight excluding hydrogens is 378 g/mol. The molecule has 1 aromatic rings. The van der Waals surface area contributed by atoms with Gasteiger partial charge in [-0.2, -0.15) is 0 Å². The van der Waals surface area contributed by atoms with E-state index in [1.54, 1.807) is 0 Å². The zero-order valence-electron chi connectivity index (χ0n) is 19.0. The van der Waals surface area contributed by atoms with Crippen molar-refractivity contribution in [3.63, 3.8) is 0 Å². The molecule has 1 atom stereocenters. The highest BCUT2D eigenvalue weighted by Gasteiger charge is 2.41. The predicted octanol–water partition coefficient (Wildman–Crippen LogP) is 3.23. The summed E-state index contributed by atoms with van der Waals surface area (Å²) in [5.74, 6) is -0.0611. The number of piperidine rings is 1. The third-order valence-electron chi connectivity index (χ3n) is 6.34. The molecule has 6 heteroatoms. The first-order chi connectivity index (χ1) is 14.1. The summed E-state index contributed by atoms with van der Waals surface area (Å²) in [6.45, 7) is 12.3. The van der Waals surface area contributed by atoms with Gasteiger partial charge in [0, 0.05) is 49.7 Å². The van der Waals surface area contributed by atoms with Crippen LogP contribution in [0.2, 0.25) is 0 Å². The molecule has 0 aromatic heterocycles. The van der Waals surface area contributed by atoms with Crippen LogP contribution in [0.4, 0.5) is 5.69 Å². The van der Waals surface area contributed by atoms with Crippen LogP contribution in [0, 0.1) is 18.8 Å². The summed E-state index contributed by atoms with van der Waals surface area (Å²) in [4.78, 5) is 44.0. The van der Waals surface area contributed by atoms with Crippen LogP contribution in [0.15, 0.2) is 24.3 Å². The van der Waals surface area contributed by atoms with Crippen molar-refractivity contribution in [2.24, 2.45) is 11.8 Å². The van der Waals surface area contributed by atoms with Crippen molar-refractivity contribution in [3.05, 3.63) is 29.8 Å². The quantitative estimate of drug-likeness (QED) is 0.761. The maximum absolute atomic E-state index is 13.1. The molecule has 2 fully saturated rings. The van der Waals surface area contributed by atoms with Crippen LogP contribution < -0.4 is 4.90 Å². The number of hydrogen-bond acceptors (Lipinski definition) is 3. The van der Waals surface area contributed by atoms with Gasteiger partial charge in [0.2, 0.25) is 17.7 Å². The van der Waals surface area contributed by atoms with Gasteiger partial charge in [-0.1, -0.05) is 12.1 Å². The molecule has 1 unspecified atom stereocenters. The van der Waals surface area contributed by atoms with Gasteiger partial charge >= 0.3 is 0 Å². The summed E-state index contributed by atoms with van der Waals surface area (Å²) in [7, 11) is 0. The molecule has 2 aliphatic rings. The highest BCUT2D eigenvalue weighted by Crippen LogP contribution is 2.29. The Morgan fingerprint density at radius 1 is 1.13 bits per heavy atom. The van der Waals surface area contributed by atoms with E-state index < -0.39 is 0 Å². The lowest BCUT2D eigenvalue weighted by Gasteiger charge is -2.35. The second-order valence-corrected chi connectivity index (χ2v) is 9.60. The molecule has 0 radical (unpaired) electrons. The fraction of sp³-hybridized carbons (Fsp3) is 0.625. The van der Waals surface area contributed by atoms with Crippen molar-refractivity contribution in [3.8, 4) is 0 Å². The number of carbonyl (C=O) groups excluding carboxylic acids is 3. The van der Waals surface area contributed by atoms with Gasteiger partial charge in [-0.25, -0.2) is 0 Å². The number of rotatable bonds is 4. The van der Waals surface area contributed by atoms with Crippen molar-refractivity contribution in [2.75, 3.05) is 31.1 Å². The molecular formula is C24H35N3O3. The Balaban J connectivity index is 1.58. The number of benzene rings is 1. The minimum atomic E-state index is -0.261. The molecule has 0 spiro atoms. The number of amides is 3. The molecule has 164 valence electrons. The van der Waals surface area contributed by atoms with Gasteiger partial charge in [0.1, 0.15) is 0 Å². The van der Waals surface area contributed by atoms with Crippen LogP contribution >= 0.6 is 0 Å². The molecule has 2 heterocycles. The van der Waals surface area contributed by atoms with Crippen molar-refractivity contribution in [2.45, 2.75) is 59.4 Å². The van der Waals surface area contributed by atoms with Gasteiger partial charge in [-0.3, -0.25) is 14.4 Å². The highest BCUT2D eigenvalue weighted by atomic mass is 16.2. The van der Waals surface area contributed by atoms with E-state index in [0.717, 1.165) is 11.3 Å². The van der Waals surface area contributed by atoms with E-state index in [-0.39, 0.29) is 35.1 Å². The number of likely N-dealkylation sites (tertiary alicyclic amines) is 2. The Morgan fingerprint density at radius 3 is 2.33 bits per heavy atom. The zero-order chi connectivity index (χ0) is 22.1. The third-order valence-corrected chi connectivity index (χ3v) is 6.34. The van der Waals surface area contributed by atoms with E-state index in [1.807, 2.05) is 73.6 Å². The fourth-order valence-corrected chi connectivity index (χ4v) is 4.61. The smallest absolute Gasteiger partial charge is 0.230 e. The number of anilines is 1. The molecule has 0 saturated carbocycles. The van der Waals surface area contributed by atoms with Crippen molar-refractivity contribution < 1.29 is 14.4 Å². The molecule has 0 bridgehead atoms. The van der Waals surface area contributed by atoms with Crippen LogP contribution in [0.5, 0.6) is 0 Å². The van der Waals surface area contributed by atoms with Crippen LogP contribution in [0.25, 0.3) is 0 Å². The summed E-state index contributed by atoms with van der Waals surface area (Å²) < 4.78 is 0. The van der Waals surface area contributed by atoms with Gasteiger partial charge in [0.25, 0.3) is 0 Å². The standard InChI is InChI=1S/C24H35N3O3/c1-6-26(20-9-7-8-17(2)14-20)23(30)18-10-12-25(13-11-18)22(29)19-15-21(28)27(16-19)24(3,4)5/h7-9,14,18-19H,6,10-13,15-16H2,1-5H3. The molecule has 1 aromatic carbocycles. The lowest BCUT2D eigenvalue weighted by atomic mass is 9.93. The summed E-state index contributed by atoms with van der Waals surface area (Å²) in [5, 5.41) is 0. The first-order valence-corrected chi connectivity index (χ1v) is 11.1. The van der Waals surface area contributed by atoms with E-state index in [9.17, 15) is 14.4 Å². The van der Waals surface area contributed by atoms with E-state index in [2.05, 4.69) is 0 Å². The van der Waals surface area contributed by atoms with Crippen LogP contribution in [-0.4, -0.2) is 59.2 Å². The van der Waals surface area contributed by atoms with E-state index in [4.69, 9.17) is 0 Å². The molecule has 30 heavy (non-hydrogen) atoms. The average molecular weight is 414 g/mol. The van der Waals surface area contributed by atoms with Crippen LogP contribution in [0.1, 0.15) is 52.5 Å². The molecule has 2 aliphatic heterocycles. The van der Waals surface area contributed by atoms with Gasteiger partial charge in [-0.05, 0) is 65.2 Å². The summed E-state index contributed by atoms with van der Waals surface area (Å²) in [6, 6.07) is 8.02. The second kappa shape index (κ2) is 8.78. The van der Waals surface area contributed by atoms with Crippen molar-refractivity contribution >= 4 is 23.4 Å². The fourth-order valence-electron chi connectivity index (χ4n) is 4.61. The van der Waals surface area contributed by atoms with Crippen molar-refractivity contribution in [1.82, 2.24) is 9.80 Å². The van der Waals surface area contributed by atoms with Gasteiger partial charge in [0.15, 0.2) is 0 Å². The van der Waals surface area contributed by atoms with E-state index >= 15 is 0 Å². The molecule has 0 N–H and O–H groups in total. The summed E-state index contributed by atoms with van der Waals surface area (Å²) >= 11 is 0. The van der Waals surface area contributed by atoms with E-state index in [1.165, 1.54) is 0 Å². The first kappa shape index (κ1) is 22.3. The number of nitrogens with zero attached hydrogens (tertiary/aromatic N) is 3. The summed E-state index contributed by atoms with van der Waals surface area (Å²) in [5.41, 5.74) is 1.81. The largest absolute Gasteiger partial charge is 0.342 e. The Labute approximate surface area is 180 Å². The minimum absolute atomic E-state index is 0.0580. The van der Waals surface area contributed by atoms with Gasteiger partial charge < -0.3 is 14.7 Å². The predicted molar refractivity (Wildman–Crippen MR) is 118 cm³/mol. The number of aryl methyl sites for hydroxylation is 1.